The lowest BCUT2D eigenvalue weighted by molar-refractivity contribution is 0.0946. The van der Waals surface area contributed by atoms with Gasteiger partial charge < -0.3 is 15.2 Å². The number of amides is 1. The van der Waals surface area contributed by atoms with Crippen molar-refractivity contribution in [2.75, 3.05) is 13.2 Å². The van der Waals surface area contributed by atoms with E-state index in [0.717, 1.165) is 25.9 Å². The number of nitrogens with zero attached hydrogens (tertiary/aromatic N) is 1. The van der Waals surface area contributed by atoms with Crippen molar-refractivity contribution in [2.24, 2.45) is 0 Å². The third-order valence-electron chi connectivity index (χ3n) is 3.25. The molecule has 1 aliphatic heterocycles. The Hall–Kier alpha value is -1.62. The number of nitrogens with one attached hydrogen (secondary N) is 1. The minimum absolute atomic E-state index is 0.00559. The van der Waals surface area contributed by atoms with E-state index in [2.05, 4.69) is 10.3 Å². The summed E-state index contributed by atoms with van der Waals surface area (Å²) < 4.78 is 5.54. The number of aromatic nitrogens is 1. The molecule has 1 amide bonds. The molecule has 1 atom stereocenters. The van der Waals surface area contributed by atoms with Crippen molar-refractivity contribution >= 4 is 5.91 Å². The lowest BCUT2D eigenvalue weighted by Crippen LogP contribution is -2.24. The van der Waals surface area contributed by atoms with Gasteiger partial charge in [0.05, 0.1) is 17.9 Å². The predicted octanol–water partition coefficient (Wildman–Crippen LogP) is 1.87. The molecule has 5 nitrogen and oxygen atoms in total. The Balaban J connectivity index is 1.61. The third kappa shape index (κ3) is 4.52. The van der Waals surface area contributed by atoms with Gasteiger partial charge in [0.25, 0.3) is 5.91 Å². The molecule has 1 saturated heterocycles. The van der Waals surface area contributed by atoms with Crippen LogP contribution in [-0.4, -0.2) is 35.3 Å². The van der Waals surface area contributed by atoms with Crippen molar-refractivity contribution in [1.29, 1.82) is 0 Å². The van der Waals surface area contributed by atoms with Gasteiger partial charge >= 0.3 is 0 Å². The Labute approximate surface area is 113 Å². The Morgan fingerprint density at radius 1 is 1.47 bits per heavy atom. The topological polar surface area (TPSA) is 71.5 Å². The van der Waals surface area contributed by atoms with Crippen LogP contribution < -0.4 is 5.32 Å². The summed E-state index contributed by atoms with van der Waals surface area (Å²) in [6.45, 7) is 1.53. The molecule has 0 unspecified atom stereocenters. The molecule has 19 heavy (non-hydrogen) atoms. The van der Waals surface area contributed by atoms with Gasteiger partial charge in [-0.15, -0.1) is 0 Å². The maximum atomic E-state index is 11.7. The van der Waals surface area contributed by atoms with E-state index in [4.69, 9.17) is 4.74 Å². The zero-order valence-electron chi connectivity index (χ0n) is 11.0. The number of hydrogen-bond donors (Lipinski definition) is 2. The predicted molar refractivity (Wildman–Crippen MR) is 71.1 cm³/mol. The smallest absolute Gasteiger partial charge is 0.252 e. The van der Waals surface area contributed by atoms with Crippen molar-refractivity contribution in [3.8, 4) is 5.75 Å². The Kier molecular flexibility index (Phi) is 5.15. The molecule has 0 bridgehead atoms. The summed E-state index contributed by atoms with van der Waals surface area (Å²) in [6, 6.07) is 1.41. The highest BCUT2D eigenvalue weighted by Crippen LogP contribution is 2.17. The molecule has 1 aromatic heterocycles. The highest BCUT2D eigenvalue weighted by Gasteiger charge is 2.14. The number of unbranched alkanes of at least 4 members (excludes halogenated alkanes) is 1. The zero-order valence-corrected chi connectivity index (χ0v) is 11.0. The molecule has 0 aliphatic carbocycles. The van der Waals surface area contributed by atoms with Crippen LogP contribution in [0.25, 0.3) is 0 Å². The molecule has 1 aliphatic rings. The Bertz CT molecular complexity index is 417. The number of hydrogen-bond acceptors (Lipinski definition) is 4. The van der Waals surface area contributed by atoms with Crippen LogP contribution in [0.1, 0.15) is 42.5 Å². The van der Waals surface area contributed by atoms with Crippen LogP contribution in [0.4, 0.5) is 0 Å². The van der Waals surface area contributed by atoms with Gasteiger partial charge in [-0.3, -0.25) is 9.78 Å². The molecule has 0 aromatic carbocycles. The summed E-state index contributed by atoms with van der Waals surface area (Å²) in [5.41, 5.74) is 0.388. The summed E-state index contributed by atoms with van der Waals surface area (Å²) in [6.07, 6.45) is 8.59. The minimum Gasteiger partial charge on any atom is -0.506 e. The molecule has 2 heterocycles. The first-order valence-corrected chi connectivity index (χ1v) is 6.79. The highest BCUT2D eigenvalue weighted by atomic mass is 16.5. The van der Waals surface area contributed by atoms with Crippen LogP contribution >= 0.6 is 0 Å². The number of rotatable bonds is 6. The number of carbonyl (C=O) groups excluding carboxylic acids is 1. The van der Waals surface area contributed by atoms with Crippen molar-refractivity contribution in [1.82, 2.24) is 10.3 Å². The third-order valence-corrected chi connectivity index (χ3v) is 3.25. The van der Waals surface area contributed by atoms with Crippen molar-refractivity contribution in [3.63, 3.8) is 0 Å². The summed E-state index contributed by atoms with van der Waals surface area (Å²) in [7, 11) is 0. The highest BCUT2D eigenvalue weighted by molar-refractivity contribution is 5.94. The van der Waals surface area contributed by atoms with Crippen molar-refractivity contribution in [3.05, 3.63) is 24.0 Å². The fourth-order valence-electron chi connectivity index (χ4n) is 2.22. The van der Waals surface area contributed by atoms with Gasteiger partial charge in [-0.05, 0) is 38.2 Å². The lowest BCUT2D eigenvalue weighted by Gasteiger charge is -2.09. The second-order valence-corrected chi connectivity index (χ2v) is 4.82. The van der Waals surface area contributed by atoms with Gasteiger partial charge in [0.2, 0.25) is 0 Å². The molecule has 2 N–H and O–H groups in total. The second-order valence-electron chi connectivity index (χ2n) is 4.82. The molecule has 5 heteroatoms. The van der Waals surface area contributed by atoms with E-state index in [1.54, 1.807) is 0 Å². The number of carbonyl (C=O) groups is 1. The van der Waals surface area contributed by atoms with E-state index in [0.29, 0.717) is 18.2 Å². The number of ether oxygens (including phenoxy) is 1. The fraction of sp³-hybridized carbons (Fsp3) is 0.571. The van der Waals surface area contributed by atoms with Crippen LogP contribution in [0.5, 0.6) is 5.75 Å². The summed E-state index contributed by atoms with van der Waals surface area (Å²) >= 11 is 0. The van der Waals surface area contributed by atoms with Crippen LogP contribution in [0, 0.1) is 0 Å². The SMILES string of the molecule is O=C(NCCCC[C@H]1CCCO1)c1cncc(O)c1. The first kappa shape index (κ1) is 13.8. The fourth-order valence-corrected chi connectivity index (χ4v) is 2.22. The number of pyridine rings is 1. The normalized spacial score (nSPS) is 18.4. The summed E-state index contributed by atoms with van der Waals surface area (Å²) in [5.74, 6) is -0.188. The molecular formula is C14H20N2O3. The molecule has 104 valence electrons. The van der Waals surface area contributed by atoms with Crippen molar-refractivity contribution < 1.29 is 14.6 Å². The van der Waals surface area contributed by atoms with Gasteiger partial charge in [0, 0.05) is 19.3 Å². The standard InChI is InChI=1S/C14H20N2O3/c17-12-8-11(9-15-10-12)14(18)16-6-2-1-4-13-5-3-7-19-13/h8-10,13,17H,1-7H2,(H,16,18)/t13-/m0/s1. The van der Waals surface area contributed by atoms with Gasteiger partial charge in [-0.1, -0.05) is 0 Å². The first-order valence-electron chi connectivity index (χ1n) is 6.79. The number of aromatic hydroxyl groups is 1. The molecule has 1 fully saturated rings. The van der Waals surface area contributed by atoms with Gasteiger partial charge in [-0.25, -0.2) is 0 Å². The maximum absolute atomic E-state index is 11.7. The largest absolute Gasteiger partial charge is 0.506 e. The Morgan fingerprint density at radius 3 is 3.11 bits per heavy atom. The second kappa shape index (κ2) is 7.09. The van der Waals surface area contributed by atoms with E-state index < -0.39 is 0 Å². The average Bonchev–Trinajstić information content (AvgIpc) is 2.91. The monoisotopic (exact) mass is 264 g/mol. The first-order chi connectivity index (χ1) is 9.25. The maximum Gasteiger partial charge on any atom is 0.252 e. The minimum atomic E-state index is -0.194. The van der Waals surface area contributed by atoms with E-state index in [-0.39, 0.29) is 11.7 Å². The lowest BCUT2D eigenvalue weighted by atomic mass is 10.1. The Morgan fingerprint density at radius 2 is 2.37 bits per heavy atom. The molecule has 2 rings (SSSR count). The van der Waals surface area contributed by atoms with Crippen LogP contribution in [0.15, 0.2) is 18.5 Å². The van der Waals surface area contributed by atoms with Crippen molar-refractivity contribution in [2.45, 2.75) is 38.2 Å². The van der Waals surface area contributed by atoms with E-state index in [1.165, 1.54) is 31.3 Å². The molecular weight excluding hydrogens is 244 g/mol. The van der Waals surface area contributed by atoms with Crippen LogP contribution in [0.2, 0.25) is 0 Å². The van der Waals surface area contributed by atoms with E-state index >= 15 is 0 Å². The molecule has 0 saturated carbocycles. The average molecular weight is 264 g/mol. The molecule has 0 radical (unpaired) electrons. The summed E-state index contributed by atoms with van der Waals surface area (Å²) in [5, 5.41) is 12.1. The van der Waals surface area contributed by atoms with Gasteiger partial charge in [0.15, 0.2) is 0 Å². The summed E-state index contributed by atoms with van der Waals surface area (Å²) in [4.78, 5) is 15.5. The van der Waals surface area contributed by atoms with Gasteiger partial charge in [-0.2, -0.15) is 0 Å². The van der Waals surface area contributed by atoms with E-state index in [1.807, 2.05) is 0 Å². The molecule has 1 aromatic rings. The molecule has 0 spiro atoms. The van der Waals surface area contributed by atoms with Crippen LogP contribution in [0.3, 0.4) is 0 Å². The van der Waals surface area contributed by atoms with Gasteiger partial charge in [0.1, 0.15) is 5.75 Å². The van der Waals surface area contributed by atoms with Crippen LogP contribution in [-0.2, 0) is 4.74 Å². The van der Waals surface area contributed by atoms with E-state index in [9.17, 15) is 9.90 Å². The quantitative estimate of drug-likeness (QED) is 0.769. The zero-order chi connectivity index (χ0) is 13.5.